The highest BCUT2D eigenvalue weighted by molar-refractivity contribution is 7.80. The van der Waals surface area contributed by atoms with E-state index < -0.39 is 0 Å². The molecule has 3 heteroatoms. The topological polar surface area (TPSA) is 26.3 Å². The first-order chi connectivity index (χ1) is 7.22. The Bertz CT molecular complexity index is 184. The molecule has 2 radical (unpaired) electrons. The van der Waals surface area contributed by atoms with Gasteiger partial charge in [-0.1, -0.05) is 19.6 Å². The molecule has 0 aromatic rings. The van der Waals surface area contributed by atoms with Crippen molar-refractivity contribution in [3.05, 3.63) is 6.92 Å². The van der Waals surface area contributed by atoms with Crippen LogP contribution in [0.2, 0.25) is 0 Å². The van der Waals surface area contributed by atoms with Crippen molar-refractivity contribution in [3.8, 4) is 0 Å². The Balaban J connectivity index is 2.26. The van der Waals surface area contributed by atoms with E-state index in [1.165, 1.54) is 0 Å². The highest BCUT2D eigenvalue weighted by atomic mass is 32.1. The van der Waals surface area contributed by atoms with Gasteiger partial charge in [-0.3, -0.25) is 4.79 Å². The summed E-state index contributed by atoms with van der Waals surface area (Å²) < 4.78 is 5.39. The molecule has 1 aliphatic rings. The first-order valence-corrected chi connectivity index (χ1v) is 6.34. The number of rotatable bonds is 3. The first-order valence-electron chi connectivity index (χ1n) is 5.87. The number of hydrogen-bond donors (Lipinski definition) is 0. The third-order valence-corrected chi connectivity index (χ3v) is 3.25. The van der Waals surface area contributed by atoms with E-state index in [-0.39, 0.29) is 12.1 Å². The Morgan fingerprint density at radius 1 is 1.27 bits per heavy atom. The number of hydrogen-bond acceptors (Lipinski definition) is 2. The van der Waals surface area contributed by atoms with Gasteiger partial charge in [-0.15, -0.1) is 0 Å². The quantitative estimate of drug-likeness (QED) is 0.692. The first kappa shape index (κ1) is 12.9. The van der Waals surface area contributed by atoms with Crippen LogP contribution in [-0.4, -0.2) is 17.3 Å². The number of carbonyl (C=O) groups excluding carboxylic acids is 1. The van der Waals surface area contributed by atoms with Crippen molar-refractivity contribution >= 4 is 18.6 Å². The van der Waals surface area contributed by atoms with Crippen molar-refractivity contribution in [1.29, 1.82) is 0 Å². The molecular weight excluding hydrogens is 208 g/mol. The van der Waals surface area contributed by atoms with Crippen LogP contribution in [0.25, 0.3) is 0 Å². The normalized spacial score (nSPS) is 27.9. The molecule has 0 N–H and O–H groups in total. The monoisotopic (exact) mass is 228 g/mol. The van der Waals surface area contributed by atoms with Gasteiger partial charge in [0.2, 0.25) is 0 Å². The van der Waals surface area contributed by atoms with Crippen LogP contribution < -0.4 is 0 Å². The fourth-order valence-corrected chi connectivity index (χ4v) is 2.28. The summed E-state index contributed by atoms with van der Waals surface area (Å²) in [6.45, 7) is 3.65. The van der Waals surface area contributed by atoms with Crippen LogP contribution in [0.15, 0.2) is 0 Å². The van der Waals surface area contributed by atoms with Crippen molar-refractivity contribution in [2.24, 2.45) is 0 Å². The summed E-state index contributed by atoms with van der Waals surface area (Å²) in [4.78, 5) is 11.3. The Morgan fingerprint density at radius 3 is 2.40 bits per heavy atom. The maximum atomic E-state index is 11.3. The van der Waals surface area contributed by atoms with Gasteiger partial charge in [-0.2, -0.15) is 0 Å². The minimum Gasteiger partial charge on any atom is -0.462 e. The highest BCUT2D eigenvalue weighted by Gasteiger charge is 2.17. The molecular formula is C12H20O2S. The lowest BCUT2D eigenvalue weighted by molar-refractivity contribution is -0.149. The summed E-state index contributed by atoms with van der Waals surface area (Å²) in [6, 6.07) is 0. The predicted octanol–water partition coefficient (Wildman–Crippen LogP) is 3.43. The van der Waals surface area contributed by atoms with Gasteiger partial charge >= 0.3 is 5.97 Å². The minimum absolute atomic E-state index is 0.0921. The highest BCUT2D eigenvalue weighted by Crippen LogP contribution is 2.23. The van der Waals surface area contributed by atoms with Crippen LogP contribution in [0.5, 0.6) is 0 Å². The Kier molecular flexibility index (Phi) is 6.15. The SMILES string of the molecule is [CH2]CCC(=O)OC1CCCC([S])CCC1. The fraction of sp³-hybridized carbons (Fsp3) is 0.833. The van der Waals surface area contributed by atoms with Gasteiger partial charge < -0.3 is 4.74 Å². The summed E-state index contributed by atoms with van der Waals surface area (Å²) in [5.41, 5.74) is 0. The summed E-state index contributed by atoms with van der Waals surface area (Å²) in [5, 5.41) is 0.432. The number of ether oxygens (including phenoxy) is 1. The van der Waals surface area contributed by atoms with Gasteiger partial charge in [0.15, 0.2) is 0 Å². The van der Waals surface area contributed by atoms with E-state index in [1.807, 2.05) is 0 Å². The lowest BCUT2D eigenvalue weighted by Crippen LogP contribution is -2.20. The zero-order valence-corrected chi connectivity index (χ0v) is 10.1. The van der Waals surface area contributed by atoms with Crippen LogP contribution in [0.3, 0.4) is 0 Å². The van der Waals surface area contributed by atoms with Crippen LogP contribution in [0.1, 0.15) is 51.4 Å². The average molecular weight is 228 g/mol. The number of carbonyl (C=O) groups is 1. The van der Waals surface area contributed by atoms with Gasteiger partial charge in [0.1, 0.15) is 6.10 Å². The lowest BCUT2D eigenvalue weighted by Gasteiger charge is -2.22. The van der Waals surface area contributed by atoms with Gasteiger partial charge in [0, 0.05) is 11.7 Å². The van der Waals surface area contributed by atoms with E-state index in [2.05, 4.69) is 6.92 Å². The predicted molar refractivity (Wildman–Crippen MR) is 63.6 cm³/mol. The van der Waals surface area contributed by atoms with Crippen LogP contribution >= 0.6 is 12.6 Å². The molecule has 2 nitrogen and oxygen atoms in total. The summed E-state index contributed by atoms with van der Waals surface area (Å²) >= 11 is 5.29. The van der Waals surface area contributed by atoms with Gasteiger partial charge in [0.05, 0.1) is 0 Å². The Morgan fingerprint density at radius 2 is 1.87 bits per heavy atom. The third-order valence-electron chi connectivity index (χ3n) is 2.78. The lowest BCUT2D eigenvalue weighted by atomic mass is 9.98. The van der Waals surface area contributed by atoms with Gasteiger partial charge in [-0.25, -0.2) is 0 Å². The second-order valence-corrected chi connectivity index (χ2v) is 4.87. The largest absolute Gasteiger partial charge is 0.462 e. The van der Waals surface area contributed by atoms with E-state index in [4.69, 9.17) is 17.4 Å². The molecule has 1 rings (SSSR count). The van der Waals surface area contributed by atoms with Crippen LogP contribution in [0, 0.1) is 6.92 Å². The van der Waals surface area contributed by atoms with E-state index in [1.54, 1.807) is 0 Å². The Labute approximate surface area is 98.2 Å². The standard InChI is InChI=1S/C12H20O2S/c1-2-5-12(13)14-10-6-3-8-11(15)9-4-7-10/h10-11H,1-9H2. The van der Waals surface area contributed by atoms with Crippen molar-refractivity contribution in [2.75, 3.05) is 0 Å². The number of esters is 1. The summed E-state index contributed by atoms with van der Waals surface area (Å²) in [5.74, 6) is -0.0921. The smallest absolute Gasteiger partial charge is 0.306 e. The molecule has 86 valence electrons. The second kappa shape index (κ2) is 7.15. The summed E-state index contributed by atoms with van der Waals surface area (Å²) in [7, 11) is 0. The maximum Gasteiger partial charge on any atom is 0.306 e. The molecule has 0 amide bonds. The minimum atomic E-state index is -0.0921. The van der Waals surface area contributed by atoms with Crippen molar-refractivity contribution < 1.29 is 9.53 Å². The molecule has 1 fully saturated rings. The van der Waals surface area contributed by atoms with Crippen molar-refractivity contribution in [1.82, 2.24) is 0 Å². The maximum absolute atomic E-state index is 11.3. The van der Waals surface area contributed by atoms with Crippen LogP contribution in [-0.2, 0) is 9.53 Å². The van der Waals surface area contributed by atoms with E-state index in [0.29, 0.717) is 18.1 Å². The summed E-state index contributed by atoms with van der Waals surface area (Å²) in [6.07, 6.45) is 7.54. The molecule has 15 heavy (non-hydrogen) atoms. The molecule has 0 bridgehead atoms. The van der Waals surface area contributed by atoms with E-state index >= 15 is 0 Å². The molecule has 0 atom stereocenters. The van der Waals surface area contributed by atoms with E-state index in [0.717, 1.165) is 38.5 Å². The molecule has 0 aromatic carbocycles. The molecule has 0 aliphatic heterocycles. The Hall–Kier alpha value is -0.180. The molecule has 0 unspecified atom stereocenters. The molecule has 0 aromatic heterocycles. The van der Waals surface area contributed by atoms with Crippen LogP contribution in [0.4, 0.5) is 0 Å². The molecule has 1 saturated carbocycles. The average Bonchev–Trinajstić information content (AvgIpc) is 2.14. The zero-order chi connectivity index (χ0) is 11.1. The van der Waals surface area contributed by atoms with Crippen molar-refractivity contribution in [3.63, 3.8) is 0 Å². The third kappa shape index (κ3) is 5.45. The van der Waals surface area contributed by atoms with Crippen molar-refractivity contribution in [2.45, 2.75) is 62.7 Å². The van der Waals surface area contributed by atoms with E-state index in [9.17, 15) is 4.79 Å². The van der Waals surface area contributed by atoms with Gasteiger partial charge in [-0.05, 0) is 44.9 Å². The molecule has 1 aliphatic carbocycles. The molecule has 0 saturated heterocycles. The zero-order valence-electron chi connectivity index (χ0n) is 9.24. The van der Waals surface area contributed by atoms with Gasteiger partial charge in [0.25, 0.3) is 0 Å². The fourth-order valence-electron chi connectivity index (χ4n) is 1.94. The molecule has 0 spiro atoms. The molecule has 0 heterocycles. The second-order valence-electron chi connectivity index (χ2n) is 4.20.